The van der Waals surface area contributed by atoms with E-state index in [1.165, 1.54) is 6.08 Å². The molecule has 0 radical (unpaired) electrons. The average molecular weight is 253 g/mol. The Morgan fingerprint density at radius 1 is 1.42 bits per heavy atom. The SMILES string of the molecule is Cc1ccc2cc(/C=C(\C#N)C(N)=O)c(=O)[nH]c2c1. The Morgan fingerprint density at radius 2 is 2.16 bits per heavy atom. The average Bonchev–Trinajstić information content (AvgIpc) is 2.35. The lowest BCUT2D eigenvalue weighted by Crippen LogP contribution is -2.14. The number of aromatic nitrogens is 1. The second-order valence-corrected chi connectivity index (χ2v) is 4.18. The number of carbonyl (C=O) groups excluding carboxylic acids is 1. The summed E-state index contributed by atoms with van der Waals surface area (Å²) in [6.07, 6.45) is 1.19. The molecule has 0 saturated carbocycles. The summed E-state index contributed by atoms with van der Waals surface area (Å²) in [6, 6.07) is 8.90. The van der Waals surface area contributed by atoms with Crippen LogP contribution in [0.2, 0.25) is 0 Å². The fraction of sp³-hybridized carbons (Fsp3) is 0.0714. The van der Waals surface area contributed by atoms with Crippen molar-refractivity contribution < 1.29 is 4.79 Å². The Kier molecular flexibility index (Phi) is 3.17. The summed E-state index contributed by atoms with van der Waals surface area (Å²) in [5, 5.41) is 9.58. The highest BCUT2D eigenvalue weighted by molar-refractivity contribution is 6.00. The summed E-state index contributed by atoms with van der Waals surface area (Å²) in [7, 11) is 0. The summed E-state index contributed by atoms with van der Waals surface area (Å²) in [5.74, 6) is -0.856. The highest BCUT2D eigenvalue weighted by atomic mass is 16.1. The molecule has 1 aromatic heterocycles. The van der Waals surface area contributed by atoms with Crippen LogP contribution in [0.25, 0.3) is 17.0 Å². The van der Waals surface area contributed by atoms with Gasteiger partial charge in [-0.3, -0.25) is 9.59 Å². The molecule has 3 N–H and O–H groups in total. The number of amides is 1. The van der Waals surface area contributed by atoms with E-state index in [4.69, 9.17) is 11.0 Å². The number of hydrogen-bond acceptors (Lipinski definition) is 3. The lowest BCUT2D eigenvalue weighted by molar-refractivity contribution is -0.114. The number of nitrogens with one attached hydrogen (secondary N) is 1. The van der Waals surface area contributed by atoms with Gasteiger partial charge in [-0.05, 0) is 36.1 Å². The molecule has 1 heterocycles. The van der Waals surface area contributed by atoms with Crippen LogP contribution in [0.15, 0.2) is 34.6 Å². The number of fused-ring (bicyclic) bond motifs is 1. The molecule has 5 nitrogen and oxygen atoms in total. The monoisotopic (exact) mass is 253 g/mol. The van der Waals surface area contributed by atoms with Crippen LogP contribution in [0.1, 0.15) is 11.1 Å². The van der Waals surface area contributed by atoms with E-state index in [0.29, 0.717) is 5.52 Å². The second-order valence-electron chi connectivity index (χ2n) is 4.18. The zero-order valence-corrected chi connectivity index (χ0v) is 10.2. The molecule has 0 aliphatic heterocycles. The zero-order chi connectivity index (χ0) is 14.0. The Labute approximate surface area is 109 Å². The maximum Gasteiger partial charge on any atom is 0.259 e. The molecular formula is C14H11N3O2. The Balaban J connectivity index is 2.67. The highest BCUT2D eigenvalue weighted by Gasteiger charge is 2.06. The predicted octanol–water partition coefficient (Wildman–Crippen LogP) is 1.23. The lowest BCUT2D eigenvalue weighted by atomic mass is 10.1. The van der Waals surface area contributed by atoms with Crippen molar-refractivity contribution in [2.75, 3.05) is 0 Å². The number of nitrogens with two attached hydrogens (primary N) is 1. The third-order valence-corrected chi connectivity index (χ3v) is 2.72. The van der Waals surface area contributed by atoms with E-state index in [2.05, 4.69) is 4.98 Å². The number of primary amides is 1. The molecule has 0 atom stereocenters. The fourth-order valence-corrected chi connectivity index (χ4v) is 1.75. The van der Waals surface area contributed by atoms with Gasteiger partial charge in [0.15, 0.2) is 0 Å². The molecule has 0 saturated heterocycles. The van der Waals surface area contributed by atoms with E-state index < -0.39 is 5.91 Å². The van der Waals surface area contributed by atoms with Gasteiger partial charge in [0, 0.05) is 11.1 Å². The number of H-pyrrole nitrogens is 1. The van der Waals surface area contributed by atoms with Crippen molar-refractivity contribution in [3.05, 3.63) is 51.3 Å². The zero-order valence-electron chi connectivity index (χ0n) is 10.2. The van der Waals surface area contributed by atoms with Crippen molar-refractivity contribution in [1.29, 1.82) is 5.26 Å². The molecule has 2 aromatic rings. The third kappa shape index (κ3) is 2.53. The van der Waals surface area contributed by atoms with E-state index in [9.17, 15) is 9.59 Å². The third-order valence-electron chi connectivity index (χ3n) is 2.72. The molecule has 1 amide bonds. The first-order chi connectivity index (χ1) is 9.01. The first-order valence-corrected chi connectivity index (χ1v) is 5.56. The van der Waals surface area contributed by atoms with E-state index >= 15 is 0 Å². The van der Waals surface area contributed by atoms with Gasteiger partial charge in [0.05, 0.1) is 0 Å². The molecule has 5 heteroatoms. The number of nitriles is 1. The highest BCUT2D eigenvalue weighted by Crippen LogP contribution is 2.14. The van der Waals surface area contributed by atoms with Gasteiger partial charge < -0.3 is 10.7 Å². The van der Waals surface area contributed by atoms with Crippen LogP contribution in [0.4, 0.5) is 0 Å². The van der Waals surface area contributed by atoms with Crippen LogP contribution in [0, 0.1) is 18.3 Å². The lowest BCUT2D eigenvalue weighted by Gasteiger charge is -2.01. The van der Waals surface area contributed by atoms with Crippen LogP contribution in [0.3, 0.4) is 0 Å². The largest absolute Gasteiger partial charge is 0.365 e. The van der Waals surface area contributed by atoms with Crippen molar-refractivity contribution in [2.24, 2.45) is 5.73 Å². The smallest absolute Gasteiger partial charge is 0.259 e. The first-order valence-electron chi connectivity index (χ1n) is 5.56. The molecule has 19 heavy (non-hydrogen) atoms. The van der Waals surface area contributed by atoms with Gasteiger partial charge in [-0.25, -0.2) is 0 Å². The topological polar surface area (TPSA) is 99.7 Å². The number of aromatic amines is 1. The molecule has 94 valence electrons. The number of pyridine rings is 1. The molecule has 0 spiro atoms. The Bertz CT molecular complexity index is 794. The van der Waals surface area contributed by atoms with Crippen molar-refractivity contribution in [3.8, 4) is 6.07 Å². The van der Waals surface area contributed by atoms with Crippen LogP contribution >= 0.6 is 0 Å². The van der Waals surface area contributed by atoms with Crippen LogP contribution in [-0.4, -0.2) is 10.9 Å². The number of rotatable bonds is 2. The summed E-state index contributed by atoms with van der Waals surface area (Å²) in [5.41, 5.74) is 6.38. The minimum Gasteiger partial charge on any atom is -0.365 e. The summed E-state index contributed by atoms with van der Waals surface area (Å²) >= 11 is 0. The predicted molar refractivity (Wildman–Crippen MR) is 72.1 cm³/mol. The molecular weight excluding hydrogens is 242 g/mol. The van der Waals surface area contributed by atoms with Gasteiger partial charge in [-0.15, -0.1) is 0 Å². The van der Waals surface area contributed by atoms with E-state index in [1.54, 1.807) is 12.1 Å². The van der Waals surface area contributed by atoms with Gasteiger partial charge in [-0.1, -0.05) is 12.1 Å². The van der Waals surface area contributed by atoms with Crippen molar-refractivity contribution in [2.45, 2.75) is 6.92 Å². The maximum absolute atomic E-state index is 11.9. The van der Waals surface area contributed by atoms with Crippen LogP contribution < -0.4 is 11.3 Å². The Hall–Kier alpha value is -2.87. The number of hydrogen-bond donors (Lipinski definition) is 2. The number of benzene rings is 1. The summed E-state index contributed by atoms with van der Waals surface area (Å²) < 4.78 is 0. The minimum atomic E-state index is -0.856. The molecule has 1 aromatic carbocycles. The number of nitrogens with zero attached hydrogens (tertiary/aromatic N) is 1. The molecule has 0 bridgehead atoms. The molecule has 0 aliphatic rings. The van der Waals surface area contributed by atoms with Gasteiger partial charge in [-0.2, -0.15) is 5.26 Å². The minimum absolute atomic E-state index is 0.228. The molecule has 0 unspecified atom stereocenters. The van der Waals surface area contributed by atoms with Gasteiger partial charge in [0.2, 0.25) is 0 Å². The second kappa shape index (κ2) is 4.78. The molecule has 2 rings (SSSR count). The normalized spacial score (nSPS) is 11.3. The van der Waals surface area contributed by atoms with E-state index in [0.717, 1.165) is 10.9 Å². The van der Waals surface area contributed by atoms with Gasteiger partial charge in [0.25, 0.3) is 11.5 Å². The number of aryl methyl sites for hydroxylation is 1. The van der Waals surface area contributed by atoms with E-state index in [1.807, 2.05) is 25.1 Å². The van der Waals surface area contributed by atoms with Gasteiger partial charge >= 0.3 is 0 Å². The molecule has 0 fully saturated rings. The fourth-order valence-electron chi connectivity index (χ4n) is 1.75. The van der Waals surface area contributed by atoms with Crippen molar-refractivity contribution in [3.63, 3.8) is 0 Å². The Morgan fingerprint density at radius 3 is 2.79 bits per heavy atom. The number of carbonyl (C=O) groups is 1. The van der Waals surface area contributed by atoms with E-state index in [-0.39, 0.29) is 16.7 Å². The van der Waals surface area contributed by atoms with Crippen molar-refractivity contribution >= 4 is 22.9 Å². The summed E-state index contributed by atoms with van der Waals surface area (Å²) in [6.45, 7) is 1.92. The van der Waals surface area contributed by atoms with Crippen LogP contribution in [0.5, 0.6) is 0 Å². The van der Waals surface area contributed by atoms with Crippen molar-refractivity contribution in [1.82, 2.24) is 4.98 Å². The standard InChI is InChI=1S/C14H11N3O2/c1-8-2-3-9-5-10(6-11(7-15)13(16)18)14(19)17-12(9)4-8/h2-6H,1H3,(H2,16,18)(H,17,19)/b11-6+. The maximum atomic E-state index is 11.9. The first kappa shape index (κ1) is 12.6. The summed E-state index contributed by atoms with van der Waals surface area (Å²) in [4.78, 5) is 25.5. The molecule has 0 aliphatic carbocycles. The van der Waals surface area contributed by atoms with Gasteiger partial charge in [0.1, 0.15) is 11.6 Å². The quantitative estimate of drug-likeness (QED) is 0.621. The van der Waals surface area contributed by atoms with Crippen LogP contribution in [-0.2, 0) is 4.79 Å².